The Kier molecular flexibility index (Phi) is 3.45. The molecule has 0 heterocycles. The van der Waals surface area contributed by atoms with Gasteiger partial charge in [0.1, 0.15) is 12.4 Å². The minimum absolute atomic E-state index is 0.0306. The van der Waals surface area contributed by atoms with Crippen molar-refractivity contribution in [2.24, 2.45) is 0 Å². The zero-order valence-corrected chi connectivity index (χ0v) is 7.13. The summed E-state index contributed by atoms with van der Waals surface area (Å²) in [6.45, 7) is -2.08. The van der Waals surface area contributed by atoms with Crippen molar-refractivity contribution >= 4 is 11.6 Å². The minimum Gasteiger partial charge on any atom is -0.433 e. The van der Waals surface area contributed by atoms with Crippen molar-refractivity contribution in [1.29, 1.82) is 0 Å². The average Bonchev–Trinajstić information content (AvgIpc) is 2.08. The molecule has 0 spiro atoms. The molecule has 1 aromatic rings. The summed E-state index contributed by atoms with van der Waals surface area (Å²) in [7, 11) is 0. The fourth-order valence-electron chi connectivity index (χ4n) is 0.789. The van der Waals surface area contributed by atoms with Crippen molar-refractivity contribution in [3.05, 3.63) is 35.4 Å². The fourth-order valence-corrected chi connectivity index (χ4v) is 1.02. The van der Waals surface area contributed by atoms with Gasteiger partial charge in [-0.25, -0.2) is 0 Å². The Balaban J connectivity index is 2.85. The molecule has 71 valence electrons. The summed E-state index contributed by atoms with van der Waals surface area (Å²) in [5.41, 5.74) is 0.423. The molecule has 0 amide bonds. The predicted octanol–water partition coefficient (Wildman–Crippen LogP) is 2.82. The van der Waals surface area contributed by atoms with Crippen LogP contribution in [-0.4, -0.2) is 11.7 Å². The molecule has 2 nitrogen and oxygen atoms in total. The Morgan fingerprint density at radius 3 is 2.62 bits per heavy atom. The van der Waals surface area contributed by atoms with Gasteiger partial charge in [-0.05, 0) is 17.7 Å². The predicted molar refractivity (Wildman–Crippen MR) is 43.4 cm³/mol. The lowest BCUT2D eigenvalue weighted by atomic mass is 10.2. The molecule has 0 aliphatic carbocycles. The van der Waals surface area contributed by atoms with E-state index in [1.54, 1.807) is 0 Å². The maximum absolute atomic E-state index is 11.7. The molecule has 0 fully saturated rings. The Hall–Kier alpha value is -0.870. The van der Waals surface area contributed by atoms with Crippen LogP contribution in [-0.2, 0) is 0 Å². The third-order valence-electron chi connectivity index (χ3n) is 1.32. The zero-order chi connectivity index (χ0) is 9.84. The van der Waals surface area contributed by atoms with E-state index in [9.17, 15) is 8.78 Å². The fraction of sp³-hybridized carbons (Fsp3) is 0.125. The first kappa shape index (κ1) is 10.2. The van der Waals surface area contributed by atoms with Crippen molar-refractivity contribution in [2.45, 2.75) is 6.61 Å². The number of halogens is 3. The highest BCUT2D eigenvalue weighted by atomic mass is 35.5. The lowest BCUT2D eigenvalue weighted by Gasteiger charge is -2.06. The van der Waals surface area contributed by atoms with Crippen molar-refractivity contribution in [3.8, 4) is 5.75 Å². The van der Waals surface area contributed by atoms with Crippen LogP contribution in [0.3, 0.4) is 0 Å². The second kappa shape index (κ2) is 4.39. The molecule has 0 unspecified atom stereocenters. The van der Waals surface area contributed by atoms with E-state index in [-0.39, 0.29) is 10.8 Å². The second-order valence-electron chi connectivity index (χ2n) is 2.20. The summed E-state index contributed by atoms with van der Waals surface area (Å²) >= 11 is 5.56. The van der Waals surface area contributed by atoms with Crippen LogP contribution < -0.4 is 4.74 Å². The lowest BCUT2D eigenvalue weighted by molar-refractivity contribution is -0.0497. The number of benzene rings is 1. The summed E-state index contributed by atoms with van der Waals surface area (Å²) in [5, 5.41) is 8.59. The SMILES string of the molecule is O[CH]c1ccc(OC(F)F)c(Cl)c1. The Bertz CT molecular complexity index is 291. The number of aliphatic hydroxyl groups is 1. The molecule has 13 heavy (non-hydrogen) atoms. The topological polar surface area (TPSA) is 29.5 Å². The summed E-state index contributed by atoms with van der Waals surface area (Å²) in [4.78, 5) is 0. The van der Waals surface area contributed by atoms with Gasteiger partial charge in [0, 0.05) is 0 Å². The van der Waals surface area contributed by atoms with E-state index in [1.165, 1.54) is 18.2 Å². The monoisotopic (exact) mass is 207 g/mol. The summed E-state index contributed by atoms with van der Waals surface area (Å²) in [6.07, 6.45) is 0. The molecule has 0 aliphatic rings. The third kappa shape index (κ3) is 2.82. The highest BCUT2D eigenvalue weighted by Gasteiger charge is 2.08. The van der Waals surface area contributed by atoms with Crippen LogP contribution >= 0.6 is 11.6 Å². The highest BCUT2D eigenvalue weighted by molar-refractivity contribution is 6.32. The van der Waals surface area contributed by atoms with Crippen LogP contribution in [0, 0.1) is 6.61 Å². The van der Waals surface area contributed by atoms with Crippen LogP contribution in [0.4, 0.5) is 8.78 Å². The van der Waals surface area contributed by atoms with Gasteiger partial charge in [-0.2, -0.15) is 8.78 Å². The normalized spacial score (nSPS) is 10.5. The van der Waals surface area contributed by atoms with Gasteiger partial charge in [-0.15, -0.1) is 0 Å². The van der Waals surface area contributed by atoms with Gasteiger partial charge in [0.25, 0.3) is 0 Å². The standard InChI is InChI=1S/C8H6ClF2O2/c9-6-3-5(4-12)1-2-7(6)13-8(10)11/h1-4,8,12H. The van der Waals surface area contributed by atoms with Crippen LogP contribution in [0.1, 0.15) is 5.56 Å². The van der Waals surface area contributed by atoms with Crippen molar-refractivity contribution < 1.29 is 18.6 Å². The number of ether oxygens (including phenoxy) is 1. The smallest absolute Gasteiger partial charge is 0.387 e. The number of hydrogen-bond acceptors (Lipinski definition) is 2. The number of alkyl halides is 2. The number of rotatable bonds is 3. The first-order chi connectivity index (χ1) is 6.13. The maximum atomic E-state index is 11.7. The third-order valence-corrected chi connectivity index (χ3v) is 1.62. The molecule has 5 heteroatoms. The number of hydrogen-bond donors (Lipinski definition) is 1. The van der Waals surface area contributed by atoms with Gasteiger partial charge >= 0.3 is 6.61 Å². The largest absolute Gasteiger partial charge is 0.433 e. The van der Waals surface area contributed by atoms with Gasteiger partial charge in [-0.1, -0.05) is 17.7 Å². The zero-order valence-electron chi connectivity index (χ0n) is 6.38. The quantitative estimate of drug-likeness (QED) is 0.826. The van der Waals surface area contributed by atoms with Crippen molar-refractivity contribution in [1.82, 2.24) is 0 Å². The first-order valence-electron chi connectivity index (χ1n) is 3.35. The molecule has 1 aromatic carbocycles. The molecule has 1 rings (SSSR count). The van der Waals surface area contributed by atoms with Gasteiger partial charge in [-0.3, -0.25) is 0 Å². The van der Waals surface area contributed by atoms with Crippen LogP contribution in [0.15, 0.2) is 18.2 Å². The minimum atomic E-state index is -2.90. The van der Waals surface area contributed by atoms with E-state index in [4.69, 9.17) is 16.7 Å². The molecule has 0 aromatic heterocycles. The highest BCUT2D eigenvalue weighted by Crippen LogP contribution is 2.26. The average molecular weight is 208 g/mol. The van der Waals surface area contributed by atoms with E-state index in [0.29, 0.717) is 5.56 Å². The van der Waals surface area contributed by atoms with Gasteiger partial charge in [0.2, 0.25) is 0 Å². The molecule has 0 aliphatic heterocycles. The van der Waals surface area contributed by atoms with Gasteiger partial charge < -0.3 is 9.84 Å². The van der Waals surface area contributed by atoms with Crippen LogP contribution in [0.2, 0.25) is 5.02 Å². The lowest BCUT2D eigenvalue weighted by Crippen LogP contribution is -2.02. The Morgan fingerprint density at radius 1 is 1.46 bits per heavy atom. The van der Waals surface area contributed by atoms with E-state index >= 15 is 0 Å². The molecular formula is C8H6ClF2O2. The molecular weight excluding hydrogens is 202 g/mol. The van der Waals surface area contributed by atoms with Crippen molar-refractivity contribution in [3.63, 3.8) is 0 Å². The van der Waals surface area contributed by atoms with Gasteiger partial charge in [0.15, 0.2) is 0 Å². The van der Waals surface area contributed by atoms with E-state index in [0.717, 1.165) is 6.61 Å². The molecule has 0 saturated heterocycles. The van der Waals surface area contributed by atoms with E-state index in [1.807, 2.05) is 0 Å². The summed E-state index contributed by atoms with van der Waals surface area (Å²) < 4.78 is 27.6. The van der Waals surface area contributed by atoms with Gasteiger partial charge in [0.05, 0.1) is 5.02 Å². The first-order valence-corrected chi connectivity index (χ1v) is 3.73. The number of aliphatic hydroxyl groups excluding tert-OH is 1. The second-order valence-corrected chi connectivity index (χ2v) is 2.60. The summed E-state index contributed by atoms with van der Waals surface area (Å²) in [6, 6.07) is 3.99. The van der Waals surface area contributed by atoms with E-state index < -0.39 is 6.61 Å². The molecule has 0 atom stereocenters. The van der Waals surface area contributed by atoms with Crippen LogP contribution in [0.5, 0.6) is 5.75 Å². The Morgan fingerprint density at radius 2 is 2.15 bits per heavy atom. The summed E-state index contributed by atoms with van der Waals surface area (Å²) in [5.74, 6) is -0.109. The molecule has 0 saturated carbocycles. The molecule has 1 N–H and O–H groups in total. The van der Waals surface area contributed by atoms with Crippen LogP contribution in [0.25, 0.3) is 0 Å². The Labute approximate surface area is 78.7 Å². The molecule has 0 bridgehead atoms. The maximum Gasteiger partial charge on any atom is 0.387 e. The van der Waals surface area contributed by atoms with E-state index in [2.05, 4.69) is 4.74 Å². The van der Waals surface area contributed by atoms with Crippen molar-refractivity contribution in [2.75, 3.05) is 0 Å². The molecule has 1 radical (unpaired) electrons.